The van der Waals surface area contributed by atoms with E-state index in [1.807, 2.05) is 5.48 Å². The molecule has 84 valence electrons. The van der Waals surface area contributed by atoms with E-state index in [1.54, 1.807) is 24.3 Å². The molecule has 0 aliphatic carbocycles. The van der Waals surface area contributed by atoms with Gasteiger partial charge in [-0.3, -0.25) is 4.31 Å². The molecule has 1 rings (SSSR count). The van der Waals surface area contributed by atoms with Gasteiger partial charge in [0, 0.05) is 13.6 Å². The van der Waals surface area contributed by atoms with Crippen molar-refractivity contribution < 1.29 is 13.6 Å². The minimum absolute atomic E-state index is 0.283. The van der Waals surface area contributed by atoms with Crippen molar-refractivity contribution in [1.29, 1.82) is 0 Å². The number of rotatable bonds is 4. The average Bonchev–Trinajstić information content (AvgIpc) is 2.16. The monoisotopic (exact) mass is 230 g/mol. The summed E-state index contributed by atoms with van der Waals surface area (Å²) in [6.07, 6.45) is 1.14. The molecule has 0 atom stereocenters. The molecule has 0 saturated carbocycles. The first-order chi connectivity index (χ1) is 6.95. The molecular formula is C9H14N2O3S. The van der Waals surface area contributed by atoms with E-state index in [0.29, 0.717) is 5.69 Å². The van der Waals surface area contributed by atoms with Crippen molar-refractivity contribution in [3.63, 3.8) is 0 Å². The molecule has 0 unspecified atom stereocenters. The van der Waals surface area contributed by atoms with Crippen LogP contribution in [0.2, 0.25) is 0 Å². The summed E-state index contributed by atoms with van der Waals surface area (Å²) in [7, 11) is -1.75. The summed E-state index contributed by atoms with van der Waals surface area (Å²) >= 11 is 0. The van der Waals surface area contributed by atoms with E-state index in [1.165, 1.54) is 11.4 Å². The summed E-state index contributed by atoms with van der Waals surface area (Å²) in [6, 6.07) is 6.93. The van der Waals surface area contributed by atoms with Crippen LogP contribution < -0.4 is 9.79 Å². The number of hydrogen-bond donors (Lipinski definition) is 2. The molecule has 2 N–H and O–H groups in total. The zero-order chi connectivity index (χ0) is 11.5. The number of nitrogens with one attached hydrogen (secondary N) is 1. The molecule has 0 radical (unpaired) electrons. The van der Waals surface area contributed by atoms with Gasteiger partial charge in [-0.05, 0) is 17.7 Å². The van der Waals surface area contributed by atoms with Gasteiger partial charge in [-0.1, -0.05) is 12.1 Å². The molecule has 0 fully saturated rings. The standard InChI is InChI=1S/C9H14N2O3S/c1-11(15(2,13)14)9-5-3-4-8(6-9)7-10-12/h3-6,10,12H,7H2,1-2H3. The molecule has 5 nitrogen and oxygen atoms in total. The first kappa shape index (κ1) is 12.0. The van der Waals surface area contributed by atoms with Gasteiger partial charge in [0.25, 0.3) is 0 Å². The first-order valence-corrected chi connectivity index (χ1v) is 6.20. The van der Waals surface area contributed by atoms with Gasteiger partial charge in [-0.25, -0.2) is 13.9 Å². The maximum atomic E-state index is 11.3. The highest BCUT2D eigenvalue weighted by Gasteiger charge is 2.11. The van der Waals surface area contributed by atoms with E-state index >= 15 is 0 Å². The second-order valence-electron chi connectivity index (χ2n) is 3.24. The van der Waals surface area contributed by atoms with Crippen LogP contribution in [0.4, 0.5) is 5.69 Å². The highest BCUT2D eigenvalue weighted by atomic mass is 32.2. The average molecular weight is 230 g/mol. The smallest absolute Gasteiger partial charge is 0.231 e. The topological polar surface area (TPSA) is 69.6 Å². The largest absolute Gasteiger partial charge is 0.316 e. The van der Waals surface area contributed by atoms with Crippen molar-refractivity contribution >= 4 is 15.7 Å². The molecule has 0 heterocycles. The van der Waals surface area contributed by atoms with Crippen molar-refractivity contribution in [3.05, 3.63) is 29.8 Å². The van der Waals surface area contributed by atoms with E-state index < -0.39 is 10.0 Å². The van der Waals surface area contributed by atoms with E-state index in [2.05, 4.69) is 0 Å². The Hall–Kier alpha value is -1.11. The summed E-state index contributed by atoms with van der Waals surface area (Å²) in [5.41, 5.74) is 3.41. The Balaban J connectivity index is 3.00. The molecule has 0 amide bonds. The molecule has 1 aromatic carbocycles. The Morgan fingerprint density at radius 2 is 2.13 bits per heavy atom. The lowest BCUT2D eigenvalue weighted by Gasteiger charge is -2.17. The fraction of sp³-hybridized carbons (Fsp3) is 0.333. The molecule has 0 spiro atoms. The van der Waals surface area contributed by atoms with Gasteiger partial charge >= 0.3 is 0 Å². The van der Waals surface area contributed by atoms with E-state index in [-0.39, 0.29) is 6.54 Å². The summed E-state index contributed by atoms with van der Waals surface area (Å²) in [6.45, 7) is 0.283. The third-order valence-electron chi connectivity index (χ3n) is 2.05. The SMILES string of the molecule is CN(c1cccc(CNO)c1)S(C)(=O)=O. The fourth-order valence-electron chi connectivity index (χ4n) is 1.15. The van der Waals surface area contributed by atoms with Crippen molar-refractivity contribution in [2.75, 3.05) is 17.6 Å². The molecule has 0 aromatic heterocycles. The van der Waals surface area contributed by atoms with Crippen LogP contribution in [-0.2, 0) is 16.6 Å². The maximum Gasteiger partial charge on any atom is 0.231 e. The maximum absolute atomic E-state index is 11.3. The van der Waals surface area contributed by atoms with E-state index in [9.17, 15) is 8.42 Å². The van der Waals surface area contributed by atoms with Crippen LogP contribution in [0.15, 0.2) is 24.3 Å². The highest BCUT2D eigenvalue weighted by Crippen LogP contribution is 2.16. The summed E-state index contributed by atoms with van der Waals surface area (Å²) < 4.78 is 23.7. The molecule has 6 heteroatoms. The second-order valence-corrected chi connectivity index (χ2v) is 5.25. The normalized spacial score (nSPS) is 11.4. The second kappa shape index (κ2) is 4.61. The third-order valence-corrected chi connectivity index (χ3v) is 3.26. The molecule has 0 aliphatic heterocycles. The number of hydrogen-bond acceptors (Lipinski definition) is 4. The van der Waals surface area contributed by atoms with Gasteiger partial charge in [0.1, 0.15) is 0 Å². The summed E-state index contributed by atoms with van der Waals surface area (Å²) in [5.74, 6) is 0. The third kappa shape index (κ3) is 3.19. The lowest BCUT2D eigenvalue weighted by atomic mass is 10.2. The Morgan fingerprint density at radius 3 is 2.67 bits per heavy atom. The predicted octanol–water partition coefficient (Wildman–Crippen LogP) is 0.561. The van der Waals surface area contributed by atoms with Gasteiger partial charge in [-0.2, -0.15) is 0 Å². The highest BCUT2D eigenvalue weighted by molar-refractivity contribution is 7.92. The Bertz CT molecular complexity index is 431. The zero-order valence-corrected chi connectivity index (χ0v) is 9.45. The van der Waals surface area contributed by atoms with Crippen LogP contribution in [0.3, 0.4) is 0 Å². The minimum Gasteiger partial charge on any atom is -0.316 e. The van der Waals surface area contributed by atoms with Crippen LogP contribution in [0.1, 0.15) is 5.56 Å². The van der Waals surface area contributed by atoms with Crippen LogP contribution in [-0.4, -0.2) is 26.9 Å². The van der Waals surface area contributed by atoms with Gasteiger partial charge in [0.2, 0.25) is 10.0 Å². The number of sulfonamides is 1. The van der Waals surface area contributed by atoms with Gasteiger partial charge < -0.3 is 5.21 Å². The van der Waals surface area contributed by atoms with Crippen molar-refractivity contribution in [3.8, 4) is 0 Å². The van der Waals surface area contributed by atoms with Crippen molar-refractivity contribution in [2.24, 2.45) is 0 Å². The van der Waals surface area contributed by atoms with Gasteiger partial charge in [-0.15, -0.1) is 0 Å². The summed E-state index contributed by atoms with van der Waals surface area (Å²) in [5, 5.41) is 8.53. The molecular weight excluding hydrogens is 216 g/mol. The van der Waals surface area contributed by atoms with E-state index in [4.69, 9.17) is 5.21 Å². The van der Waals surface area contributed by atoms with Crippen LogP contribution in [0, 0.1) is 0 Å². The number of nitrogens with zero attached hydrogens (tertiary/aromatic N) is 1. The molecule has 0 saturated heterocycles. The summed E-state index contributed by atoms with van der Waals surface area (Å²) in [4.78, 5) is 0. The molecule has 0 bridgehead atoms. The van der Waals surface area contributed by atoms with Crippen LogP contribution >= 0.6 is 0 Å². The minimum atomic E-state index is -3.24. The molecule has 1 aromatic rings. The van der Waals surface area contributed by atoms with Crippen LogP contribution in [0.25, 0.3) is 0 Å². The number of hydroxylamine groups is 1. The number of benzene rings is 1. The van der Waals surface area contributed by atoms with Crippen molar-refractivity contribution in [1.82, 2.24) is 5.48 Å². The fourth-order valence-corrected chi connectivity index (χ4v) is 1.64. The van der Waals surface area contributed by atoms with Crippen molar-refractivity contribution in [2.45, 2.75) is 6.54 Å². The lowest BCUT2D eigenvalue weighted by Crippen LogP contribution is -2.24. The van der Waals surface area contributed by atoms with Crippen LogP contribution in [0.5, 0.6) is 0 Å². The van der Waals surface area contributed by atoms with Gasteiger partial charge in [0.15, 0.2) is 0 Å². The quantitative estimate of drug-likeness (QED) is 0.742. The van der Waals surface area contributed by atoms with Gasteiger partial charge in [0.05, 0.1) is 11.9 Å². The zero-order valence-electron chi connectivity index (χ0n) is 8.64. The Morgan fingerprint density at radius 1 is 1.47 bits per heavy atom. The number of anilines is 1. The Labute approximate surface area is 89.3 Å². The molecule has 0 aliphatic rings. The lowest BCUT2D eigenvalue weighted by molar-refractivity contribution is 0.161. The molecule has 15 heavy (non-hydrogen) atoms. The first-order valence-electron chi connectivity index (χ1n) is 4.35. The predicted molar refractivity (Wildman–Crippen MR) is 58.3 cm³/mol. The Kier molecular flexibility index (Phi) is 3.67. The van der Waals surface area contributed by atoms with E-state index in [0.717, 1.165) is 11.8 Å².